The Morgan fingerprint density at radius 3 is 2.60 bits per heavy atom. The Balaban J connectivity index is 1.63. The molecule has 3 rings (SSSR count). The van der Waals surface area contributed by atoms with Crippen LogP contribution >= 0.6 is 0 Å². The first kappa shape index (κ1) is 21.8. The number of hydrogen-bond acceptors (Lipinski definition) is 7. The summed E-state index contributed by atoms with van der Waals surface area (Å²) in [4.78, 5) is 31.1. The summed E-state index contributed by atoms with van der Waals surface area (Å²) in [6.07, 6.45) is 3.68. The van der Waals surface area contributed by atoms with Crippen LogP contribution in [0.2, 0.25) is 0 Å². The van der Waals surface area contributed by atoms with Gasteiger partial charge >= 0.3 is 5.97 Å². The fourth-order valence-corrected chi connectivity index (χ4v) is 3.39. The minimum Gasteiger partial charge on any atom is -0.465 e. The molecule has 162 valence electrons. The van der Waals surface area contributed by atoms with Crippen molar-refractivity contribution in [2.75, 3.05) is 30.4 Å². The number of amides is 1. The Labute approximate surface area is 177 Å². The number of anilines is 2. The molecule has 1 aromatic heterocycles. The number of methoxy groups -OCH3 is 1. The summed E-state index contributed by atoms with van der Waals surface area (Å²) in [5, 5.41) is 6.97. The number of aryl methyl sites for hydroxylation is 1. The minimum absolute atomic E-state index is 0.118. The number of esters is 1. The average molecular weight is 415 g/mol. The summed E-state index contributed by atoms with van der Waals surface area (Å²) in [5.74, 6) is 0.660. The number of carbonyl (C=O) groups excluding carboxylic acids is 2. The highest BCUT2D eigenvalue weighted by atomic mass is 16.5. The summed E-state index contributed by atoms with van der Waals surface area (Å²) < 4.78 is 10.1. The zero-order valence-corrected chi connectivity index (χ0v) is 18.2. The lowest BCUT2D eigenvalue weighted by atomic mass is 9.96. The molecule has 1 aromatic carbocycles. The van der Waals surface area contributed by atoms with Gasteiger partial charge in [-0.2, -0.15) is 4.98 Å². The van der Waals surface area contributed by atoms with Gasteiger partial charge in [-0.15, -0.1) is 0 Å². The monoisotopic (exact) mass is 414 g/mol. The second kappa shape index (κ2) is 9.28. The lowest BCUT2D eigenvalue weighted by Crippen LogP contribution is -2.21. The lowest BCUT2D eigenvalue weighted by Gasteiger charge is -2.22. The average Bonchev–Trinajstić information content (AvgIpc) is 3.39. The molecule has 0 unspecified atom stereocenters. The largest absolute Gasteiger partial charge is 0.465 e. The first-order valence-electron chi connectivity index (χ1n) is 10.4. The van der Waals surface area contributed by atoms with Gasteiger partial charge in [0.25, 0.3) is 0 Å². The third-order valence-corrected chi connectivity index (χ3v) is 5.07. The van der Waals surface area contributed by atoms with Gasteiger partial charge in [-0.25, -0.2) is 4.79 Å². The summed E-state index contributed by atoms with van der Waals surface area (Å²) in [6.45, 7) is 7.95. The molecular weight excluding hydrogens is 384 g/mol. The number of carbonyl (C=O) groups is 2. The van der Waals surface area contributed by atoms with Gasteiger partial charge in [0.2, 0.25) is 11.8 Å². The molecule has 0 spiro atoms. The van der Waals surface area contributed by atoms with Gasteiger partial charge in [0, 0.05) is 31.3 Å². The van der Waals surface area contributed by atoms with Crippen molar-refractivity contribution in [1.29, 1.82) is 0 Å². The van der Waals surface area contributed by atoms with E-state index in [0.717, 1.165) is 31.6 Å². The van der Waals surface area contributed by atoms with Crippen molar-refractivity contribution in [3.05, 3.63) is 35.5 Å². The molecule has 1 fully saturated rings. The number of ether oxygens (including phenoxy) is 1. The third kappa shape index (κ3) is 5.37. The van der Waals surface area contributed by atoms with E-state index in [1.54, 1.807) is 12.1 Å². The molecule has 1 amide bonds. The Bertz CT molecular complexity index is 895. The van der Waals surface area contributed by atoms with Crippen molar-refractivity contribution in [3.63, 3.8) is 0 Å². The van der Waals surface area contributed by atoms with Crippen LogP contribution in [0.4, 0.5) is 11.4 Å². The molecule has 1 saturated heterocycles. The van der Waals surface area contributed by atoms with Gasteiger partial charge in [0.15, 0.2) is 5.82 Å². The van der Waals surface area contributed by atoms with Crippen LogP contribution in [0.5, 0.6) is 0 Å². The van der Waals surface area contributed by atoms with Crippen LogP contribution in [0.15, 0.2) is 22.7 Å². The van der Waals surface area contributed by atoms with Crippen LogP contribution in [0.25, 0.3) is 0 Å². The topological polar surface area (TPSA) is 97.6 Å². The molecule has 0 radical (unpaired) electrons. The predicted molar refractivity (Wildman–Crippen MR) is 114 cm³/mol. The first-order valence-corrected chi connectivity index (χ1v) is 10.4. The fourth-order valence-electron chi connectivity index (χ4n) is 3.39. The van der Waals surface area contributed by atoms with E-state index in [4.69, 9.17) is 9.26 Å². The maximum atomic E-state index is 12.6. The summed E-state index contributed by atoms with van der Waals surface area (Å²) >= 11 is 0. The Morgan fingerprint density at radius 1 is 1.23 bits per heavy atom. The van der Waals surface area contributed by atoms with Crippen molar-refractivity contribution in [1.82, 2.24) is 10.1 Å². The van der Waals surface area contributed by atoms with Gasteiger partial charge in [-0.3, -0.25) is 4.79 Å². The fraction of sp³-hybridized carbons (Fsp3) is 0.545. The van der Waals surface area contributed by atoms with E-state index in [1.807, 2.05) is 26.8 Å². The van der Waals surface area contributed by atoms with Gasteiger partial charge in [-0.05, 0) is 37.5 Å². The summed E-state index contributed by atoms with van der Waals surface area (Å²) in [7, 11) is 1.34. The molecule has 0 bridgehead atoms. The SMILES string of the molecule is COC(=O)c1ccc(N2CCCC2)c(NC(=O)CCCc2nc(C(C)(C)C)no2)c1. The molecule has 0 saturated carbocycles. The molecule has 8 nitrogen and oxygen atoms in total. The van der Waals surface area contributed by atoms with Crippen LogP contribution in [-0.2, 0) is 21.4 Å². The van der Waals surface area contributed by atoms with Crippen molar-refractivity contribution in [2.45, 2.75) is 58.3 Å². The smallest absolute Gasteiger partial charge is 0.337 e. The normalized spacial score (nSPS) is 14.1. The highest BCUT2D eigenvalue weighted by Crippen LogP contribution is 2.30. The van der Waals surface area contributed by atoms with E-state index < -0.39 is 5.97 Å². The number of nitrogens with zero attached hydrogens (tertiary/aromatic N) is 3. The number of aromatic nitrogens is 2. The molecule has 8 heteroatoms. The van der Waals surface area contributed by atoms with E-state index in [1.165, 1.54) is 7.11 Å². The van der Waals surface area contributed by atoms with Gasteiger partial charge in [0.1, 0.15) is 0 Å². The number of benzene rings is 1. The van der Waals surface area contributed by atoms with E-state index in [-0.39, 0.29) is 11.3 Å². The second-order valence-corrected chi connectivity index (χ2v) is 8.58. The molecule has 30 heavy (non-hydrogen) atoms. The molecule has 0 aliphatic carbocycles. The quantitative estimate of drug-likeness (QED) is 0.690. The Morgan fingerprint density at radius 2 is 1.97 bits per heavy atom. The van der Waals surface area contributed by atoms with Gasteiger partial charge < -0.3 is 19.5 Å². The van der Waals surface area contributed by atoms with Gasteiger partial charge in [0.05, 0.1) is 24.0 Å². The molecule has 0 atom stereocenters. The van der Waals surface area contributed by atoms with Gasteiger partial charge in [-0.1, -0.05) is 25.9 Å². The number of nitrogens with one attached hydrogen (secondary N) is 1. The zero-order chi connectivity index (χ0) is 21.7. The summed E-state index contributed by atoms with van der Waals surface area (Å²) in [5.41, 5.74) is 1.81. The molecule has 1 aliphatic rings. The summed E-state index contributed by atoms with van der Waals surface area (Å²) in [6, 6.07) is 5.29. The van der Waals surface area contributed by atoms with Crippen LogP contribution in [0.3, 0.4) is 0 Å². The highest BCUT2D eigenvalue weighted by molar-refractivity contribution is 5.98. The van der Waals surface area contributed by atoms with Crippen molar-refractivity contribution < 1.29 is 18.8 Å². The maximum Gasteiger partial charge on any atom is 0.337 e. The lowest BCUT2D eigenvalue weighted by molar-refractivity contribution is -0.116. The van der Waals surface area contributed by atoms with Crippen molar-refractivity contribution in [2.24, 2.45) is 0 Å². The maximum absolute atomic E-state index is 12.6. The molecule has 2 heterocycles. The van der Waals surface area contributed by atoms with Crippen LogP contribution in [0, 0.1) is 0 Å². The zero-order valence-electron chi connectivity index (χ0n) is 18.2. The molecule has 1 N–H and O–H groups in total. The Hall–Kier alpha value is -2.90. The Kier molecular flexibility index (Phi) is 6.74. The number of hydrogen-bond donors (Lipinski definition) is 1. The molecule has 1 aliphatic heterocycles. The van der Waals surface area contributed by atoms with E-state index >= 15 is 0 Å². The van der Waals surface area contributed by atoms with Crippen LogP contribution in [-0.4, -0.2) is 42.2 Å². The number of rotatable bonds is 7. The van der Waals surface area contributed by atoms with E-state index in [9.17, 15) is 9.59 Å². The van der Waals surface area contributed by atoms with Crippen LogP contribution in [0.1, 0.15) is 68.5 Å². The van der Waals surface area contributed by atoms with Crippen LogP contribution < -0.4 is 10.2 Å². The standard InChI is InChI=1S/C22H30N4O4/c1-22(2,3)21-24-19(30-25-21)9-7-8-18(27)23-16-14-15(20(28)29-4)10-11-17(16)26-12-5-6-13-26/h10-11,14H,5-9,12-13H2,1-4H3,(H,23,27). The third-order valence-electron chi connectivity index (χ3n) is 5.07. The molecule has 2 aromatic rings. The van der Waals surface area contributed by atoms with E-state index in [2.05, 4.69) is 20.4 Å². The van der Waals surface area contributed by atoms with Crippen molar-refractivity contribution >= 4 is 23.3 Å². The van der Waals surface area contributed by atoms with E-state index in [0.29, 0.717) is 42.2 Å². The molecular formula is C22H30N4O4. The van der Waals surface area contributed by atoms with Crippen molar-refractivity contribution in [3.8, 4) is 0 Å². The minimum atomic E-state index is -0.426. The highest BCUT2D eigenvalue weighted by Gasteiger charge is 2.21. The second-order valence-electron chi connectivity index (χ2n) is 8.58. The first-order chi connectivity index (χ1) is 14.3. The predicted octanol–water partition coefficient (Wildman–Crippen LogP) is 3.72.